The lowest BCUT2D eigenvalue weighted by molar-refractivity contribution is -0.386. The Bertz CT molecular complexity index is 558. The molecule has 1 saturated heterocycles. The fraction of sp³-hybridized carbons (Fsp3) is 0.462. The van der Waals surface area contributed by atoms with E-state index in [0.29, 0.717) is 26.2 Å². The van der Waals surface area contributed by atoms with E-state index in [9.17, 15) is 19.3 Å². The maximum atomic E-state index is 13.6. The number of hydrogen-bond donors (Lipinski definition) is 1. The molecule has 21 heavy (non-hydrogen) atoms. The van der Waals surface area contributed by atoms with Gasteiger partial charge < -0.3 is 10.0 Å². The molecule has 1 atom stereocenters. The molecule has 7 nitrogen and oxygen atoms in total. The van der Waals surface area contributed by atoms with E-state index in [-0.39, 0.29) is 5.69 Å². The predicted molar refractivity (Wildman–Crippen MR) is 73.9 cm³/mol. The van der Waals surface area contributed by atoms with Gasteiger partial charge in [0.05, 0.1) is 4.92 Å². The van der Waals surface area contributed by atoms with Gasteiger partial charge in [-0.05, 0) is 19.1 Å². The van der Waals surface area contributed by atoms with Crippen molar-refractivity contribution in [1.29, 1.82) is 0 Å². The summed E-state index contributed by atoms with van der Waals surface area (Å²) in [6.07, 6.45) is 0. The second kappa shape index (κ2) is 6.04. The van der Waals surface area contributed by atoms with Gasteiger partial charge in [0.1, 0.15) is 11.7 Å². The summed E-state index contributed by atoms with van der Waals surface area (Å²) in [7, 11) is 0. The Morgan fingerprint density at radius 2 is 2.00 bits per heavy atom. The van der Waals surface area contributed by atoms with Crippen molar-refractivity contribution in [1.82, 2.24) is 4.90 Å². The highest BCUT2D eigenvalue weighted by molar-refractivity contribution is 5.73. The summed E-state index contributed by atoms with van der Waals surface area (Å²) >= 11 is 0. The fourth-order valence-electron chi connectivity index (χ4n) is 2.45. The Labute approximate surface area is 120 Å². The van der Waals surface area contributed by atoms with E-state index in [4.69, 9.17) is 5.11 Å². The standard InChI is InChI=1S/C13H16FN3O4/c1-9(13(18)19)15-5-7-16(8-6-15)11-4-2-3-10(14)12(11)17(20)21/h2-4,9H,5-8H2,1H3,(H,18,19). The normalized spacial score (nSPS) is 17.5. The molecule has 1 aromatic carbocycles. The number of carboxylic acids is 1. The maximum Gasteiger partial charge on any atom is 0.327 e. The highest BCUT2D eigenvalue weighted by Crippen LogP contribution is 2.31. The molecule has 1 aromatic rings. The Morgan fingerprint density at radius 1 is 1.38 bits per heavy atom. The van der Waals surface area contributed by atoms with Crippen LogP contribution in [-0.4, -0.2) is 53.1 Å². The molecule has 0 spiro atoms. The van der Waals surface area contributed by atoms with Crippen molar-refractivity contribution < 1.29 is 19.2 Å². The summed E-state index contributed by atoms with van der Waals surface area (Å²) in [5.74, 6) is -1.76. The molecule has 8 heteroatoms. The van der Waals surface area contributed by atoms with E-state index >= 15 is 0 Å². The summed E-state index contributed by atoms with van der Waals surface area (Å²) in [5.41, 5.74) is -0.292. The van der Waals surface area contributed by atoms with Gasteiger partial charge in [-0.15, -0.1) is 0 Å². The van der Waals surface area contributed by atoms with Gasteiger partial charge in [0.25, 0.3) is 0 Å². The summed E-state index contributed by atoms with van der Waals surface area (Å²) in [6, 6.07) is 3.40. The third-order valence-corrected chi connectivity index (χ3v) is 3.71. The zero-order chi connectivity index (χ0) is 15.6. The number of carboxylic acid groups (broad SMARTS) is 1. The Hall–Kier alpha value is -2.22. The van der Waals surface area contributed by atoms with Gasteiger partial charge in [-0.1, -0.05) is 6.07 Å². The van der Waals surface area contributed by atoms with Crippen LogP contribution in [-0.2, 0) is 4.79 Å². The van der Waals surface area contributed by atoms with Crippen LogP contribution in [0.1, 0.15) is 6.92 Å². The number of anilines is 1. The highest BCUT2D eigenvalue weighted by Gasteiger charge is 2.29. The predicted octanol–water partition coefficient (Wildman–Crippen LogP) is 1.33. The number of carbonyl (C=O) groups is 1. The number of rotatable bonds is 4. The minimum Gasteiger partial charge on any atom is -0.480 e. The second-order valence-corrected chi connectivity index (χ2v) is 4.90. The summed E-state index contributed by atoms with van der Waals surface area (Å²) in [4.78, 5) is 24.7. The van der Waals surface area contributed by atoms with Gasteiger partial charge in [-0.3, -0.25) is 19.8 Å². The second-order valence-electron chi connectivity index (χ2n) is 4.90. The molecule has 1 fully saturated rings. The molecule has 1 aliphatic heterocycles. The molecule has 0 bridgehead atoms. The van der Waals surface area contributed by atoms with Crippen molar-refractivity contribution in [3.8, 4) is 0 Å². The third kappa shape index (κ3) is 3.10. The SMILES string of the molecule is CC(C(=O)O)N1CCN(c2cccc(F)c2[N+](=O)[O-])CC1. The first kappa shape index (κ1) is 15.2. The van der Waals surface area contributed by atoms with Gasteiger partial charge >= 0.3 is 11.7 Å². The summed E-state index contributed by atoms with van der Waals surface area (Å²) in [5, 5.41) is 20.0. The molecule has 2 rings (SSSR count). The van der Waals surface area contributed by atoms with Crippen molar-refractivity contribution in [2.75, 3.05) is 31.1 Å². The molecule has 0 saturated carbocycles. The third-order valence-electron chi connectivity index (χ3n) is 3.71. The molecule has 1 unspecified atom stereocenters. The van der Waals surface area contributed by atoms with Crippen LogP contribution in [0, 0.1) is 15.9 Å². The van der Waals surface area contributed by atoms with E-state index in [1.165, 1.54) is 12.1 Å². The lowest BCUT2D eigenvalue weighted by Crippen LogP contribution is -2.51. The van der Waals surface area contributed by atoms with E-state index < -0.39 is 28.4 Å². The number of nitro benzene ring substituents is 1. The van der Waals surface area contributed by atoms with Crippen molar-refractivity contribution in [2.24, 2.45) is 0 Å². The van der Waals surface area contributed by atoms with Gasteiger partial charge in [-0.2, -0.15) is 4.39 Å². The van der Waals surface area contributed by atoms with Gasteiger partial charge in [0.15, 0.2) is 0 Å². The van der Waals surface area contributed by atoms with E-state index in [1.807, 2.05) is 0 Å². The Morgan fingerprint density at radius 3 is 2.52 bits per heavy atom. The van der Waals surface area contributed by atoms with Crippen molar-refractivity contribution in [3.05, 3.63) is 34.1 Å². The fourth-order valence-corrected chi connectivity index (χ4v) is 2.45. The summed E-state index contributed by atoms with van der Waals surface area (Å²) < 4.78 is 13.6. The molecule has 1 N–H and O–H groups in total. The molecule has 1 heterocycles. The largest absolute Gasteiger partial charge is 0.480 e. The Kier molecular flexibility index (Phi) is 4.37. The molecule has 0 amide bonds. The summed E-state index contributed by atoms with van der Waals surface area (Å²) in [6.45, 7) is 3.36. The molecule has 0 aromatic heterocycles. The van der Waals surface area contributed by atoms with Crippen LogP contribution >= 0.6 is 0 Å². The number of benzene rings is 1. The van der Waals surface area contributed by atoms with E-state index in [2.05, 4.69) is 0 Å². The first-order chi connectivity index (χ1) is 9.91. The average molecular weight is 297 g/mol. The molecular weight excluding hydrogens is 281 g/mol. The maximum absolute atomic E-state index is 13.6. The van der Waals surface area contributed by atoms with Crippen LogP contribution in [0.3, 0.4) is 0 Å². The van der Waals surface area contributed by atoms with Crippen LogP contribution in [0.4, 0.5) is 15.8 Å². The van der Waals surface area contributed by atoms with E-state index in [0.717, 1.165) is 6.07 Å². The molecule has 114 valence electrons. The van der Waals surface area contributed by atoms with Gasteiger partial charge in [0.2, 0.25) is 5.82 Å². The van der Waals surface area contributed by atoms with Gasteiger partial charge in [0, 0.05) is 26.2 Å². The lowest BCUT2D eigenvalue weighted by atomic mass is 10.2. The minimum atomic E-state index is -0.903. The number of piperazine rings is 1. The lowest BCUT2D eigenvalue weighted by Gasteiger charge is -2.37. The number of halogens is 1. The first-order valence-electron chi connectivity index (χ1n) is 6.56. The number of nitro groups is 1. The number of nitrogens with zero attached hydrogens (tertiary/aromatic N) is 3. The monoisotopic (exact) mass is 297 g/mol. The van der Waals surface area contributed by atoms with Crippen LogP contribution in [0.2, 0.25) is 0 Å². The Balaban J connectivity index is 2.15. The first-order valence-corrected chi connectivity index (χ1v) is 6.56. The smallest absolute Gasteiger partial charge is 0.327 e. The quantitative estimate of drug-likeness (QED) is 0.666. The minimum absolute atomic E-state index is 0.239. The van der Waals surface area contributed by atoms with Crippen LogP contribution in [0.5, 0.6) is 0 Å². The number of hydrogen-bond acceptors (Lipinski definition) is 5. The molecule has 1 aliphatic rings. The molecule has 0 aliphatic carbocycles. The van der Waals surface area contributed by atoms with Crippen LogP contribution in [0.15, 0.2) is 18.2 Å². The van der Waals surface area contributed by atoms with Crippen molar-refractivity contribution in [2.45, 2.75) is 13.0 Å². The zero-order valence-corrected chi connectivity index (χ0v) is 11.5. The van der Waals surface area contributed by atoms with Gasteiger partial charge in [-0.25, -0.2) is 0 Å². The topological polar surface area (TPSA) is 86.9 Å². The molecule has 0 radical (unpaired) electrons. The van der Waals surface area contributed by atoms with Crippen LogP contribution in [0.25, 0.3) is 0 Å². The van der Waals surface area contributed by atoms with E-state index in [1.54, 1.807) is 16.7 Å². The van der Waals surface area contributed by atoms with Crippen molar-refractivity contribution >= 4 is 17.3 Å². The van der Waals surface area contributed by atoms with Crippen LogP contribution < -0.4 is 4.90 Å². The number of para-hydroxylation sites is 1. The highest BCUT2D eigenvalue weighted by atomic mass is 19.1. The zero-order valence-electron chi connectivity index (χ0n) is 11.5. The molecular formula is C13H16FN3O4. The average Bonchev–Trinajstić information content (AvgIpc) is 2.46. The number of aliphatic carboxylic acids is 1. The van der Waals surface area contributed by atoms with Crippen molar-refractivity contribution in [3.63, 3.8) is 0 Å².